The second-order valence-corrected chi connectivity index (χ2v) is 5.29. The van der Waals surface area contributed by atoms with Crippen molar-refractivity contribution in [2.24, 2.45) is 11.8 Å². The van der Waals surface area contributed by atoms with E-state index < -0.39 is 0 Å². The van der Waals surface area contributed by atoms with E-state index in [0.29, 0.717) is 28.9 Å². The largest absolute Gasteiger partial charge is 0.352 e. The second-order valence-electron chi connectivity index (χ2n) is 3.97. The molecular formula is C11H17ClN4OS. The van der Waals surface area contributed by atoms with Crippen LogP contribution in [-0.2, 0) is 0 Å². The predicted octanol–water partition coefficient (Wildman–Crippen LogP) is 1.75. The number of rotatable bonds is 6. The van der Waals surface area contributed by atoms with E-state index in [1.54, 1.807) is 11.8 Å². The number of hydrogen-bond acceptors (Lipinski definition) is 5. The summed E-state index contributed by atoms with van der Waals surface area (Å²) in [6, 6.07) is 1.54. The summed E-state index contributed by atoms with van der Waals surface area (Å²) in [5, 5.41) is 3.17. The molecule has 0 saturated heterocycles. The summed E-state index contributed by atoms with van der Waals surface area (Å²) in [7, 11) is 0. The van der Waals surface area contributed by atoms with Crippen molar-refractivity contribution in [1.29, 1.82) is 0 Å². The summed E-state index contributed by atoms with van der Waals surface area (Å²) in [5.74, 6) is 6.82. The Morgan fingerprint density at radius 1 is 1.67 bits per heavy atom. The molecule has 1 amide bonds. The van der Waals surface area contributed by atoms with Crippen LogP contribution in [-0.4, -0.2) is 29.4 Å². The van der Waals surface area contributed by atoms with E-state index in [9.17, 15) is 4.79 Å². The molecule has 0 aliphatic rings. The van der Waals surface area contributed by atoms with E-state index in [2.05, 4.69) is 22.7 Å². The van der Waals surface area contributed by atoms with Crippen LogP contribution in [0.15, 0.2) is 12.3 Å². The van der Waals surface area contributed by atoms with Crippen LogP contribution in [0.1, 0.15) is 17.3 Å². The summed E-state index contributed by atoms with van der Waals surface area (Å²) < 4.78 is 0. The maximum absolute atomic E-state index is 11.8. The molecule has 0 fully saturated rings. The fraction of sp³-hybridized carbons (Fsp3) is 0.455. The second kappa shape index (κ2) is 7.45. The maximum atomic E-state index is 11.8. The van der Waals surface area contributed by atoms with Crippen LogP contribution < -0.4 is 16.6 Å². The fourth-order valence-corrected chi connectivity index (χ4v) is 2.29. The van der Waals surface area contributed by atoms with E-state index in [0.717, 1.165) is 5.75 Å². The van der Waals surface area contributed by atoms with Crippen molar-refractivity contribution in [1.82, 2.24) is 10.3 Å². The molecule has 1 aromatic rings. The highest BCUT2D eigenvalue weighted by molar-refractivity contribution is 7.98. The molecule has 1 rings (SSSR count). The lowest BCUT2D eigenvalue weighted by atomic mass is 10.2. The number of nitrogens with one attached hydrogen (secondary N) is 2. The van der Waals surface area contributed by atoms with Crippen molar-refractivity contribution in [3.05, 3.63) is 22.8 Å². The van der Waals surface area contributed by atoms with Gasteiger partial charge in [0.05, 0.1) is 10.6 Å². The molecule has 0 radical (unpaired) electrons. The minimum absolute atomic E-state index is 0.180. The Morgan fingerprint density at radius 3 is 2.94 bits per heavy atom. The molecule has 5 nitrogen and oxygen atoms in total. The van der Waals surface area contributed by atoms with Crippen molar-refractivity contribution >= 4 is 35.1 Å². The number of hydrogen-bond donors (Lipinski definition) is 3. The highest BCUT2D eigenvalue weighted by Crippen LogP contribution is 2.18. The molecule has 4 N–H and O–H groups in total. The maximum Gasteiger partial charge on any atom is 0.252 e. The highest BCUT2D eigenvalue weighted by atomic mass is 35.5. The zero-order valence-electron chi connectivity index (χ0n) is 10.4. The van der Waals surface area contributed by atoms with E-state index in [4.69, 9.17) is 17.4 Å². The monoisotopic (exact) mass is 288 g/mol. The van der Waals surface area contributed by atoms with Gasteiger partial charge in [-0.05, 0) is 24.0 Å². The third-order valence-corrected chi connectivity index (χ3v) is 3.49. The third-order valence-electron chi connectivity index (χ3n) is 2.30. The molecule has 0 aliphatic heterocycles. The average Bonchev–Trinajstić information content (AvgIpc) is 2.36. The minimum atomic E-state index is -0.180. The van der Waals surface area contributed by atoms with Gasteiger partial charge in [-0.1, -0.05) is 18.5 Å². The van der Waals surface area contributed by atoms with Gasteiger partial charge in [-0.2, -0.15) is 11.8 Å². The van der Waals surface area contributed by atoms with Crippen LogP contribution in [0.25, 0.3) is 0 Å². The van der Waals surface area contributed by atoms with Gasteiger partial charge in [-0.25, -0.2) is 10.8 Å². The average molecular weight is 289 g/mol. The lowest BCUT2D eigenvalue weighted by Crippen LogP contribution is -2.29. The zero-order valence-corrected chi connectivity index (χ0v) is 11.9. The molecule has 0 saturated carbocycles. The number of aromatic nitrogens is 1. The summed E-state index contributed by atoms with van der Waals surface area (Å²) in [4.78, 5) is 15.8. The number of amides is 1. The molecule has 1 atom stereocenters. The van der Waals surface area contributed by atoms with Crippen LogP contribution in [0.5, 0.6) is 0 Å². The summed E-state index contributed by atoms with van der Waals surface area (Å²) in [5.41, 5.74) is 2.78. The van der Waals surface area contributed by atoms with Crippen LogP contribution in [0.3, 0.4) is 0 Å². The van der Waals surface area contributed by atoms with Gasteiger partial charge in [0.2, 0.25) is 0 Å². The SMILES string of the molecule is CSCC(C)CNC(=O)c1cnc(NN)c(Cl)c1. The highest BCUT2D eigenvalue weighted by Gasteiger charge is 2.10. The number of hydrazine groups is 1. The van der Waals surface area contributed by atoms with Gasteiger partial charge in [0, 0.05) is 12.7 Å². The van der Waals surface area contributed by atoms with Crippen LogP contribution in [0.4, 0.5) is 5.82 Å². The molecule has 0 spiro atoms. The quantitative estimate of drug-likeness (QED) is 0.549. The molecule has 7 heteroatoms. The van der Waals surface area contributed by atoms with Crippen molar-refractivity contribution in [3.8, 4) is 0 Å². The van der Waals surface area contributed by atoms with Crippen LogP contribution in [0.2, 0.25) is 5.02 Å². The van der Waals surface area contributed by atoms with Gasteiger partial charge < -0.3 is 10.7 Å². The molecule has 1 unspecified atom stereocenters. The fourth-order valence-electron chi connectivity index (χ4n) is 1.38. The number of nitrogen functional groups attached to an aromatic ring is 1. The summed E-state index contributed by atoms with van der Waals surface area (Å²) in [6.45, 7) is 2.72. The van der Waals surface area contributed by atoms with Crippen molar-refractivity contribution < 1.29 is 4.79 Å². The van der Waals surface area contributed by atoms with Gasteiger partial charge in [0.1, 0.15) is 0 Å². The van der Waals surface area contributed by atoms with E-state index in [-0.39, 0.29) is 5.91 Å². The molecule has 0 aliphatic carbocycles. The Labute approximate surface area is 116 Å². The number of halogens is 1. The summed E-state index contributed by atoms with van der Waals surface area (Å²) in [6.07, 6.45) is 3.48. The topological polar surface area (TPSA) is 80.0 Å². The van der Waals surface area contributed by atoms with Gasteiger partial charge in [0.25, 0.3) is 5.91 Å². The lowest BCUT2D eigenvalue weighted by molar-refractivity contribution is 0.0949. The first-order valence-corrected chi connectivity index (χ1v) is 7.25. The molecule has 100 valence electrons. The molecule has 0 bridgehead atoms. The summed E-state index contributed by atoms with van der Waals surface area (Å²) >= 11 is 7.66. The normalized spacial score (nSPS) is 12.0. The lowest BCUT2D eigenvalue weighted by Gasteiger charge is -2.11. The molecular weight excluding hydrogens is 272 g/mol. The number of nitrogens with zero attached hydrogens (tertiary/aromatic N) is 1. The Kier molecular flexibility index (Phi) is 6.24. The Balaban J connectivity index is 2.59. The van der Waals surface area contributed by atoms with Crippen molar-refractivity contribution in [2.45, 2.75) is 6.92 Å². The smallest absolute Gasteiger partial charge is 0.252 e. The number of pyridine rings is 1. The number of anilines is 1. The Hall–Kier alpha value is -0.980. The molecule has 1 heterocycles. The standard InChI is InChI=1S/C11H17ClN4OS/c1-7(6-18-2)4-15-11(17)8-3-9(12)10(16-13)14-5-8/h3,5,7H,4,6,13H2,1-2H3,(H,14,16)(H,15,17). The predicted molar refractivity (Wildman–Crippen MR) is 76.9 cm³/mol. The first-order chi connectivity index (χ1) is 8.58. The molecule has 0 aromatic carbocycles. The third kappa shape index (κ3) is 4.36. The van der Waals surface area contributed by atoms with E-state index in [1.807, 2.05) is 6.26 Å². The van der Waals surface area contributed by atoms with Gasteiger partial charge in [-0.15, -0.1) is 0 Å². The van der Waals surface area contributed by atoms with Crippen LogP contribution >= 0.6 is 23.4 Å². The van der Waals surface area contributed by atoms with E-state index >= 15 is 0 Å². The van der Waals surface area contributed by atoms with Gasteiger partial charge in [-0.3, -0.25) is 4.79 Å². The van der Waals surface area contributed by atoms with Crippen LogP contribution in [0, 0.1) is 5.92 Å². The number of carbonyl (C=O) groups is 1. The van der Waals surface area contributed by atoms with Crippen molar-refractivity contribution in [3.63, 3.8) is 0 Å². The van der Waals surface area contributed by atoms with Gasteiger partial charge >= 0.3 is 0 Å². The Bertz CT molecular complexity index is 416. The molecule has 1 aromatic heterocycles. The van der Waals surface area contributed by atoms with Gasteiger partial charge in [0.15, 0.2) is 5.82 Å². The number of thioether (sulfide) groups is 1. The number of nitrogens with two attached hydrogens (primary N) is 1. The Morgan fingerprint density at radius 2 is 2.39 bits per heavy atom. The van der Waals surface area contributed by atoms with E-state index in [1.165, 1.54) is 12.3 Å². The first-order valence-electron chi connectivity index (χ1n) is 5.47. The number of carbonyl (C=O) groups excluding carboxylic acids is 1. The molecule has 18 heavy (non-hydrogen) atoms. The van der Waals surface area contributed by atoms with Crippen molar-refractivity contribution in [2.75, 3.05) is 24.0 Å². The zero-order chi connectivity index (χ0) is 13.5. The first kappa shape index (κ1) is 15.1. The minimum Gasteiger partial charge on any atom is -0.352 e.